The van der Waals surface area contributed by atoms with Crippen molar-refractivity contribution in [2.24, 2.45) is 5.41 Å². The van der Waals surface area contributed by atoms with Crippen LogP contribution in [0.5, 0.6) is 0 Å². The number of hydrogen-bond donors (Lipinski definition) is 0. The minimum Gasteiger partial charge on any atom is -0.369 e. The minimum absolute atomic E-state index is 0. The Balaban J connectivity index is 0.00000306. The molecule has 1 spiro atoms. The summed E-state index contributed by atoms with van der Waals surface area (Å²) in [5.74, 6) is -0.448. The Morgan fingerprint density at radius 1 is 0.970 bits per heavy atom. The Morgan fingerprint density at radius 2 is 1.61 bits per heavy atom. The molecule has 2 aliphatic heterocycles. The van der Waals surface area contributed by atoms with Crippen molar-refractivity contribution in [1.29, 1.82) is 0 Å². The van der Waals surface area contributed by atoms with Crippen molar-refractivity contribution in [1.82, 2.24) is 9.96 Å². The van der Waals surface area contributed by atoms with Crippen molar-refractivity contribution in [2.75, 3.05) is 44.2 Å². The number of carbonyl (C=O) groups is 2. The van der Waals surface area contributed by atoms with Gasteiger partial charge in [-0.3, -0.25) is 19.3 Å². The summed E-state index contributed by atoms with van der Waals surface area (Å²) in [5, 5.41) is 0.967. The molecule has 0 atom stereocenters. The zero-order valence-electron chi connectivity index (χ0n) is 18.6. The number of piperazine rings is 1. The van der Waals surface area contributed by atoms with E-state index < -0.39 is 11.7 Å². The molecule has 2 amide bonds. The second-order valence-electron chi connectivity index (χ2n) is 9.21. The molecule has 4 rings (SSSR count). The third kappa shape index (κ3) is 6.19. The Labute approximate surface area is 198 Å². The summed E-state index contributed by atoms with van der Waals surface area (Å²) in [6, 6.07) is 5.44. The number of halogens is 4. The average molecular weight is 490 g/mol. The van der Waals surface area contributed by atoms with Gasteiger partial charge in [-0.1, -0.05) is 18.9 Å². The fourth-order valence-corrected chi connectivity index (χ4v) is 5.16. The number of hydrogen-bond acceptors (Lipinski definition) is 5. The van der Waals surface area contributed by atoms with Crippen LogP contribution in [0, 0.1) is 5.41 Å². The standard InChI is InChI=1S/C23H30F3N3O3.ClH/c24-23(25,26)18-5-3-6-19(15-18)28-12-10-27(11-13-28)9-4-14-32-29-20(30)16-22(17-21(29)31)7-1-2-8-22;/h3,5-6,15H,1-2,4,7-14,16-17H2;1H. The number of anilines is 1. The van der Waals surface area contributed by atoms with E-state index in [2.05, 4.69) is 4.90 Å². The van der Waals surface area contributed by atoms with Crippen molar-refractivity contribution in [3.63, 3.8) is 0 Å². The Morgan fingerprint density at radius 3 is 2.21 bits per heavy atom. The van der Waals surface area contributed by atoms with Crippen molar-refractivity contribution >= 4 is 29.9 Å². The van der Waals surface area contributed by atoms with E-state index in [1.54, 1.807) is 6.07 Å². The summed E-state index contributed by atoms with van der Waals surface area (Å²) in [7, 11) is 0. The third-order valence-corrected chi connectivity index (χ3v) is 6.92. The monoisotopic (exact) mass is 489 g/mol. The first-order valence-electron chi connectivity index (χ1n) is 11.4. The molecule has 0 radical (unpaired) electrons. The fourth-order valence-electron chi connectivity index (χ4n) is 5.16. The molecule has 0 aromatic heterocycles. The molecule has 2 heterocycles. The number of carbonyl (C=O) groups excluding carboxylic acids is 2. The molecule has 0 bridgehead atoms. The van der Waals surface area contributed by atoms with Gasteiger partial charge in [-0.25, -0.2) is 0 Å². The van der Waals surface area contributed by atoms with E-state index in [4.69, 9.17) is 4.84 Å². The van der Waals surface area contributed by atoms with Crippen LogP contribution in [0.4, 0.5) is 18.9 Å². The number of piperidine rings is 1. The van der Waals surface area contributed by atoms with E-state index in [9.17, 15) is 22.8 Å². The summed E-state index contributed by atoms with van der Waals surface area (Å²) < 4.78 is 38.8. The number of alkyl halides is 3. The van der Waals surface area contributed by atoms with Gasteiger partial charge >= 0.3 is 6.18 Å². The Kier molecular flexibility index (Phi) is 8.29. The molecule has 33 heavy (non-hydrogen) atoms. The maximum absolute atomic E-state index is 12.9. The normalized spacial score (nSPS) is 21.5. The van der Waals surface area contributed by atoms with E-state index in [-0.39, 0.29) is 29.6 Å². The summed E-state index contributed by atoms with van der Waals surface area (Å²) in [6.45, 7) is 3.80. The van der Waals surface area contributed by atoms with Crippen LogP contribution in [0.1, 0.15) is 50.5 Å². The summed E-state index contributed by atoms with van der Waals surface area (Å²) in [5.41, 5.74) is -0.173. The topological polar surface area (TPSA) is 53.1 Å². The molecule has 0 unspecified atom stereocenters. The molecule has 1 aromatic carbocycles. The predicted molar refractivity (Wildman–Crippen MR) is 120 cm³/mol. The fraction of sp³-hybridized carbons (Fsp3) is 0.652. The number of benzene rings is 1. The summed E-state index contributed by atoms with van der Waals surface area (Å²) in [6.07, 6.45) is 1.20. The first kappa shape index (κ1) is 25.8. The van der Waals surface area contributed by atoms with Crippen molar-refractivity contribution in [3.8, 4) is 0 Å². The van der Waals surface area contributed by atoms with E-state index in [0.29, 0.717) is 44.6 Å². The van der Waals surface area contributed by atoms with Gasteiger partial charge in [0.15, 0.2) is 0 Å². The zero-order chi connectivity index (χ0) is 22.8. The number of nitrogens with zero attached hydrogens (tertiary/aromatic N) is 3. The number of hydroxylamine groups is 2. The molecular weight excluding hydrogens is 459 g/mol. The first-order chi connectivity index (χ1) is 15.3. The lowest BCUT2D eigenvalue weighted by Gasteiger charge is -2.37. The molecule has 1 aromatic rings. The minimum atomic E-state index is -4.34. The highest BCUT2D eigenvalue weighted by Gasteiger charge is 2.45. The highest BCUT2D eigenvalue weighted by Crippen LogP contribution is 2.46. The largest absolute Gasteiger partial charge is 0.416 e. The molecule has 0 N–H and O–H groups in total. The lowest BCUT2D eigenvalue weighted by atomic mass is 9.77. The molecule has 184 valence electrons. The molecule has 1 aliphatic carbocycles. The molecule has 10 heteroatoms. The van der Waals surface area contributed by atoms with Gasteiger partial charge in [0.2, 0.25) is 0 Å². The third-order valence-electron chi connectivity index (χ3n) is 6.92. The molecular formula is C23H31ClF3N3O3. The smallest absolute Gasteiger partial charge is 0.369 e. The van der Waals surface area contributed by atoms with Crippen LogP contribution < -0.4 is 4.90 Å². The van der Waals surface area contributed by atoms with Gasteiger partial charge in [-0.05, 0) is 42.9 Å². The zero-order valence-corrected chi connectivity index (χ0v) is 19.4. The molecule has 6 nitrogen and oxygen atoms in total. The highest BCUT2D eigenvalue weighted by molar-refractivity contribution is 5.97. The van der Waals surface area contributed by atoms with E-state index in [0.717, 1.165) is 56.4 Å². The van der Waals surface area contributed by atoms with Crippen LogP contribution >= 0.6 is 12.4 Å². The molecule has 2 saturated heterocycles. The predicted octanol–water partition coefficient (Wildman–Crippen LogP) is 4.28. The van der Waals surface area contributed by atoms with Gasteiger partial charge in [-0.2, -0.15) is 18.2 Å². The van der Waals surface area contributed by atoms with Gasteiger partial charge in [0, 0.05) is 51.3 Å². The van der Waals surface area contributed by atoms with Gasteiger partial charge in [0.25, 0.3) is 11.8 Å². The van der Waals surface area contributed by atoms with Crippen LogP contribution in [-0.2, 0) is 20.6 Å². The second-order valence-corrected chi connectivity index (χ2v) is 9.21. The van der Waals surface area contributed by atoms with Crippen LogP contribution in [0.3, 0.4) is 0 Å². The van der Waals surface area contributed by atoms with Crippen LogP contribution in [0.15, 0.2) is 24.3 Å². The van der Waals surface area contributed by atoms with E-state index in [1.807, 2.05) is 4.90 Å². The van der Waals surface area contributed by atoms with Gasteiger partial charge in [0.1, 0.15) is 0 Å². The maximum atomic E-state index is 12.9. The van der Waals surface area contributed by atoms with E-state index in [1.165, 1.54) is 12.1 Å². The van der Waals surface area contributed by atoms with Gasteiger partial charge in [-0.15, -0.1) is 12.4 Å². The van der Waals surface area contributed by atoms with Crippen molar-refractivity contribution in [2.45, 2.75) is 51.1 Å². The SMILES string of the molecule is Cl.O=C1CC2(CCCC2)CC(=O)N1OCCCN1CCN(c2cccc(C(F)(F)F)c2)CC1. The molecule has 1 saturated carbocycles. The highest BCUT2D eigenvalue weighted by atomic mass is 35.5. The average Bonchev–Trinajstić information content (AvgIpc) is 3.20. The second kappa shape index (κ2) is 10.6. The van der Waals surface area contributed by atoms with Crippen molar-refractivity contribution < 1.29 is 27.6 Å². The quantitative estimate of drug-likeness (QED) is 0.441. The lowest BCUT2D eigenvalue weighted by molar-refractivity contribution is -0.205. The van der Waals surface area contributed by atoms with Crippen LogP contribution in [0.2, 0.25) is 0 Å². The Bertz CT molecular complexity index is 818. The first-order valence-corrected chi connectivity index (χ1v) is 11.4. The Hall–Kier alpha value is -1.84. The van der Waals surface area contributed by atoms with Gasteiger partial charge in [0.05, 0.1) is 12.2 Å². The van der Waals surface area contributed by atoms with Crippen LogP contribution in [0.25, 0.3) is 0 Å². The van der Waals surface area contributed by atoms with Crippen molar-refractivity contribution in [3.05, 3.63) is 29.8 Å². The summed E-state index contributed by atoms with van der Waals surface area (Å²) >= 11 is 0. The maximum Gasteiger partial charge on any atom is 0.416 e. The van der Waals surface area contributed by atoms with Gasteiger partial charge < -0.3 is 4.90 Å². The number of amides is 2. The number of imide groups is 1. The van der Waals surface area contributed by atoms with E-state index >= 15 is 0 Å². The molecule has 3 fully saturated rings. The molecule has 3 aliphatic rings. The lowest BCUT2D eigenvalue weighted by Crippen LogP contribution is -2.48. The number of rotatable bonds is 6. The van der Waals surface area contributed by atoms with Crippen LogP contribution in [-0.4, -0.2) is 61.1 Å². The summed E-state index contributed by atoms with van der Waals surface area (Å²) in [4.78, 5) is 34.5.